The number of aryl methyl sites for hydroxylation is 1. The number of aromatic nitrogens is 1. The molecule has 0 aliphatic carbocycles. The third-order valence-corrected chi connectivity index (χ3v) is 2.20. The number of nitrogens with zero attached hydrogens (tertiary/aromatic N) is 1. The summed E-state index contributed by atoms with van der Waals surface area (Å²) in [7, 11) is 0. The molecule has 0 fully saturated rings. The SMILES string of the molecule is CCCC(C)(C)c1cc(C)on1. The Hall–Kier alpha value is -0.790. The molecule has 0 radical (unpaired) electrons. The van der Waals surface area contributed by atoms with Crippen LogP contribution in [0.4, 0.5) is 0 Å². The molecule has 68 valence electrons. The summed E-state index contributed by atoms with van der Waals surface area (Å²) in [6, 6.07) is 2.02. The number of hydrogen-bond donors (Lipinski definition) is 0. The van der Waals surface area contributed by atoms with Gasteiger partial charge in [-0.3, -0.25) is 0 Å². The third-order valence-electron chi connectivity index (χ3n) is 2.20. The molecule has 0 saturated heterocycles. The van der Waals surface area contributed by atoms with E-state index >= 15 is 0 Å². The Morgan fingerprint density at radius 3 is 2.58 bits per heavy atom. The van der Waals surface area contributed by atoms with Crippen molar-refractivity contribution in [3.05, 3.63) is 17.5 Å². The Morgan fingerprint density at radius 1 is 1.50 bits per heavy atom. The lowest BCUT2D eigenvalue weighted by atomic mass is 9.84. The first-order valence-corrected chi connectivity index (χ1v) is 4.50. The maximum Gasteiger partial charge on any atom is 0.133 e. The van der Waals surface area contributed by atoms with E-state index in [0.717, 1.165) is 17.9 Å². The molecule has 0 N–H and O–H groups in total. The van der Waals surface area contributed by atoms with Gasteiger partial charge in [0.25, 0.3) is 0 Å². The average molecular weight is 167 g/mol. The van der Waals surface area contributed by atoms with Gasteiger partial charge in [0.15, 0.2) is 0 Å². The summed E-state index contributed by atoms with van der Waals surface area (Å²) in [5.41, 5.74) is 1.23. The van der Waals surface area contributed by atoms with Gasteiger partial charge in [-0.05, 0) is 13.3 Å². The Bertz CT molecular complexity index is 250. The lowest BCUT2D eigenvalue weighted by Crippen LogP contribution is -2.16. The second-order valence-electron chi connectivity index (χ2n) is 3.96. The normalized spacial score (nSPS) is 12.0. The monoisotopic (exact) mass is 167 g/mol. The van der Waals surface area contributed by atoms with E-state index in [4.69, 9.17) is 4.52 Å². The summed E-state index contributed by atoms with van der Waals surface area (Å²) in [5, 5.41) is 4.03. The number of hydrogen-bond acceptors (Lipinski definition) is 2. The van der Waals surface area contributed by atoms with Crippen LogP contribution in [0, 0.1) is 6.92 Å². The predicted octanol–water partition coefficient (Wildman–Crippen LogP) is 3.06. The van der Waals surface area contributed by atoms with E-state index in [-0.39, 0.29) is 5.41 Å². The van der Waals surface area contributed by atoms with Gasteiger partial charge in [0.2, 0.25) is 0 Å². The fourth-order valence-electron chi connectivity index (χ4n) is 1.44. The highest BCUT2D eigenvalue weighted by Gasteiger charge is 2.22. The summed E-state index contributed by atoms with van der Waals surface area (Å²) in [5.74, 6) is 0.897. The van der Waals surface area contributed by atoms with Crippen molar-refractivity contribution >= 4 is 0 Å². The molecule has 0 aromatic carbocycles. The first kappa shape index (κ1) is 9.30. The van der Waals surface area contributed by atoms with Gasteiger partial charge in [0.05, 0.1) is 5.69 Å². The molecule has 0 unspecified atom stereocenters. The van der Waals surface area contributed by atoms with E-state index in [2.05, 4.69) is 25.9 Å². The second-order valence-corrected chi connectivity index (χ2v) is 3.96. The van der Waals surface area contributed by atoms with E-state index in [9.17, 15) is 0 Å². The minimum atomic E-state index is 0.159. The van der Waals surface area contributed by atoms with Crippen LogP contribution < -0.4 is 0 Å². The van der Waals surface area contributed by atoms with Crippen molar-refractivity contribution < 1.29 is 4.52 Å². The third kappa shape index (κ3) is 1.87. The Morgan fingerprint density at radius 2 is 2.17 bits per heavy atom. The molecule has 12 heavy (non-hydrogen) atoms. The first-order chi connectivity index (χ1) is 5.56. The molecule has 0 amide bonds. The summed E-state index contributed by atoms with van der Waals surface area (Å²) in [6.45, 7) is 8.52. The van der Waals surface area contributed by atoms with Crippen LogP contribution in [0.15, 0.2) is 10.6 Å². The van der Waals surface area contributed by atoms with Crippen LogP contribution in [0.25, 0.3) is 0 Å². The van der Waals surface area contributed by atoms with Crippen LogP contribution in [0.2, 0.25) is 0 Å². The molecule has 1 rings (SSSR count). The summed E-state index contributed by atoms with van der Waals surface area (Å²) in [6.07, 6.45) is 2.33. The molecule has 1 aromatic rings. The first-order valence-electron chi connectivity index (χ1n) is 4.50. The van der Waals surface area contributed by atoms with Crippen molar-refractivity contribution in [2.75, 3.05) is 0 Å². The van der Waals surface area contributed by atoms with E-state index in [1.807, 2.05) is 13.0 Å². The van der Waals surface area contributed by atoms with Gasteiger partial charge in [0, 0.05) is 11.5 Å². The number of rotatable bonds is 3. The standard InChI is InChI=1S/C10H17NO/c1-5-6-10(3,4)9-7-8(2)12-11-9/h7H,5-6H2,1-4H3. The topological polar surface area (TPSA) is 26.0 Å². The van der Waals surface area contributed by atoms with Crippen LogP contribution in [0.3, 0.4) is 0 Å². The maximum absolute atomic E-state index is 5.05. The highest BCUT2D eigenvalue weighted by Crippen LogP contribution is 2.27. The zero-order valence-corrected chi connectivity index (χ0v) is 8.35. The summed E-state index contributed by atoms with van der Waals surface area (Å²) in [4.78, 5) is 0. The summed E-state index contributed by atoms with van der Waals surface area (Å²) >= 11 is 0. The molecule has 1 aromatic heterocycles. The Labute approximate surface area is 74.0 Å². The van der Waals surface area contributed by atoms with Crippen molar-refractivity contribution in [3.63, 3.8) is 0 Å². The highest BCUT2D eigenvalue weighted by molar-refractivity contribution is 5.14. The predicted molar refractivity (Wildman–Crippen MR) is 49.2 cm³/mol. The Balaban J connectivity index is 2.81. The molecule has 2 heteroatoms. The molecule has 0 aliphatic rings. The van der Waals surface area contributed by atoms with Gasteiger partial charge in [-0.1, -0.05) is 32.3 Å². The largest absolute Gasteiger partial charge is 0.361 e. The van der Waals surface area contributed by atoms with E-state index in [1.165, 1.54) is 6.42 Å². The van der Waals surface area contributed by atoms with Gasteiger partial charge in [-0.2, -0.15) is 0 Å². The molecule has 0 atom stereocenters. The van der Waals surface area contributed by atoms with Gasteiger partial charge >= 0.3 is 0 Å². The maximum atomic E-state index is 5.05. The quantitative estimate of drug-likeness (QED) is 0.691. The van der Waals surface area contributed by atoms with Gasteiger partial charge < -0.3 is 4.52 Å². The fourth-order valence-corrected chi connectivity index (χ4v) is 1.44. The molecule has 0 aliphatic heterocycles. The van der Waals surface area contributed by atoms with Crippen LogP contribution >= 0.6 is 0 Å². The molecule has 0 saturated carbocycles. The van der Waals surface area contributed by atoms with Gasteiger partial charge in [-0.25, -0.2) is 0 Å². The van der Waals surface area contributed by atoms with E-state index in [0.29, 0.717) is 0 Å². The minimum absolute atomic E-state index is 0.159. The highest BCUT2D eigenvalue weighted by atomic mass is 16.5. The van der Waals surface area contributed by atoms with Crippen molar-refractivity contribution in [3.8, 4) is 0 Å². The van der Waals surface area contributed by atoms with Crippen molar-refractivity contribution in [1.82, 2.24) is 5.16 Å². The van der Waals surface area contributed by atoms with Crippen molar-refractivity contribution in [2.24, 2.45) is 0 Å². The molecule has 0 spiro atoms. The smallest absolute Gasteiger partial charge is 0.133 e. The molecular weight excluding hydrogens is 150 g/mol. The van der Waals surface area contributed by atoms with Crippen LogP contribution in [-0.2, 0) is 5.41 Å². The lowest BCUT2D eigenvalue weighted by Gasteiger charge is -2.20. The molecule has 1 heterocycles. The van der Waals surface area contributed by atoms with E-state index < -0.39 is 0 Å². The molecule has 0 bridgehead atoms. The summed E-state index contributed by atoms with van der Waals surface area (Å²) < 4.78 is 5.05. The van der Waals surface area contributed by atoms with Gasteiger partial charge in [0.1, 0.15) is 5.76 Å². The van der Waals surface area contributed by atoms with Crippen LogP contribution in [0.5, 0.6) is 0 Å². The molecule has 2 nitrogen and oxygen atoms in total. The van der Waals surface area contributed by atoms with Gasteiger partial charge in [-0.15, -0.1) is 0 Å². The zero-order chi connectivity index (χ0) is 9.19. The average Bonchev–Trinajstić information content (AvgIpc) is 2.36. The van der Waals surface area contributed by atoms with Crippen LogP contribution in [-0.4, -0.2) is 5.16 Å². The fraction of sp³-hybridized carbons (Fsp3) is 0.700. The van der Waals surface area contributed by atoms with Crippen molar-refractivity contribution in [1.29, 1.82) is 0 Å². The molecular formula is C10H17NO. The Kier molecular flexibility index (Phi) is 2.55. The zero-order valence-electron chi connectivity index (χ0n) is 8.35. The lowest BCUT2D eigenvalue weighted by molar-refractivity contribution is 0.361. The van der Waals surface area contributed by atoms with E-state index in [1.54, 1.807) is 0 Å². The van der Waals surface area contributed by atoms with Crippen LogP contribution in [0.1, 0.15) is 45.1 Å². The minimum Gasteiger partial charge on any atom is -0.361 e. The second kappa shape index (κ2) is 3.30. The van der Waals surface area contributed by atoms with Crippen molar-refractivity contribution in [2.45, 2.75) is 46.0 Å².